The fraction of sp³-hybridized carbons (Fsp3) is 0.333. The maximum absolute atomic E-state index is 13.3. The van der Waals surface area contributed by atoms with Crippen LogP contribution in [0.3, 0.4) is 0 Å². The zero-order valence-electron chi connectivity index (χ0n) is 20.7. The van der Waals surface area contributed by atoms with Gasteiger partial charge in [0.05, 0.1) is 11.6 Å². The molecular weight excluding hydrogens is 436 g/mol. The van der Waals surface area contributed by atoms with Crippen molar-refractivity contribution in [2.75, 3.05) is 13.1 Å². The molecule has 5 heteroatoms. The monoisotopic (exact) mass is 468 g/mol. The smallest absolute Gasteiger partial charge is 0.347 e. The lowest BCUT2D eigenvalue weighted by molar-refractivity contribution is 0.0728. The molecule has 1 aliphatic heterocycles. The van der Waals surface area contributed by atoms with E-state index in [2.05, 4.69) is 24.8 Å². The van der Waals surface area contributed by atoms with Crippen LogP contribution in [0.25, 0.3) is 0 Å². The summed E-state index contributed by atoms with van der Waals surface area (Å²) in [6.07, 6.45) is 2.24. The van der Waals surface area contributed by atoms with Gasteiger partial charge in [-0.3, -0.25) is 4.90 Å². The number of benzene rings is 3. The first-order chi connectivity index (χ1) is 16.9. The molecule has 0 atom stereocenters. The molecule has 0 radical (unpaired) electrons. The van der Waals surface area contributed by atoms with Crippen LogP contribution in [0, 0.1) is 23.7 Å². The van der Waals surface area contributed by atoms with Gasteiger partial charge in [-0.15, -0.1) is 0 Å². The summed E-state index contributed by atoms with van der Waals surface area (Å²) in [5, 5.41) is 10.0. The van der Waals surface area contributed by atoms with Crippen LogP contribution >= 0.6 is 0 Å². The lowest BCUT2D eigenvalue weighted by Crippen LogP contribution is -2.37. The Morgan fingerprint density at radius 1 is 1.03 bits per heavy atom. The van der Waals surface area contributed by atoms with Crippen molar-refractivity contribution in [3.05, 3.63) is 94.5 Å². The first-order valence-electron chi connectivity index (χ1n) is 12.1. The molecule has 3 aromatic carbocycles. The molecule has 0 amide bonds. The van der Waals surface area contributed by atoms with Crippen LogP contribution in [0.4, 0.5) is 0 Å². The average Bonchev–Trinajstić information content (AvgIpc) is 2.85. The maximum Gasteiger partial charge on any atom is 0.347 e. The van der Waals surface area contributed by atoms with Crippen molar-refractivity contribution in [1.29, 1.82) is 5.26 Å². The quantitative estimate of drug-likeness (QED) is 0.301. The summed E-state index contributed by atoms with van der Waals surface area (Å²) in [4.78, 5) is 15.7. The summed E-state index contributed by atoms with van der Waals surface area (Å²) >= 11 is 0. The lowest BCUT2D eigenvalue weighted by atomic mass is 9.82. The molecule has 0 unspecified atom stereocenters. The molecule has 0 aromatic heterocycles. The van der Waals surface area contributed by atoms with E-state index in [1.54, 1.807) is 19.1 Å². The van der Waals surface area contributed by atoms with Crippen LogP contribution in [0.2, 0.25) is 0 Å². The first-order valence-corrected chi connectivity index (χ1v) is 12.1. The summed E-state index contributed by atoms with van der Waals surface area (Å²) in [6, 6.07) is 23.0. The van der Waals surface area contributed by atoms with Crippen LogP contribution < -0.4 is 9.47 Å². The van der Waals surface area contributed by atoms with Crippen molar-refractivity contribution in [2.45, 2.75) is 46.8 Å². The topological polar surface area (TPSA) is 62.6 Å². The molecule has 1 saturated heterocycles. The van der Waals surface area contributed by atoms with Gasteiger partial charge in [-0.1, -0.05) is 62.4 Å². The Morgan fingerprint density at radius 3 is 2.29 bits per heavy atom. The van der Waals surface area contributed by atoms with Gasteiger partial charge in [-0.2, -0.15) is 5.26 Å². The van der Waals surface area contributed by atoms with E-state index in [1.807, 2.05) is 54.6 Å². The highest BCUT2D eigenvalue weighted by atomic mass is 16.5. The second-order valence-electron chi connectivity index (χ2n) is 9.94. The number of piperidine rings is 1. The van der Waals surface area contributed by atoms with Crippen molar-refractivity contribution in [2.24, 2.45) is 5.41 Å². The van der Waals surface area contributed by atoms with E-state index >= 15 is 0 Å². The number of carbonyl (C=O) groups is 1. The predicted molar refractivity (Wildman–Crippen MR) is 136 cm³/mol. The third-order valence-corrected chi connectivity index (χ3v) is 6.73. The molecule has 35 heavy (non-hydrogen) atoms. The molecule has 0 bridgehead atoms. The fourth-order valence-electron chi connectivity index (χ4n) is 4.44. The Kier molecular flexibility index (Phi) is 7.53. The number of para-hydroxylation sites is 1. The number of hydrogen-bond donors (Lipinski definition) is 0. The van der Waals surface area contributed by atoms with Crippen molar-refractivity contribution in [3.8, 4) is 17.6 Å². The largest absolute Gasteiger partial charge is 0.488 e. The lowest BCUT2D eigenvalue weighted by Gasteiger charge is -2.37. The van der Waals surface area contributed by atoms with Gasteiger partial charge < -0.3 is 9.47 Å². The van der Waals surface area contributed by atoms with Gasteiger partial charge in [0.15, 0.2) is 0 Å². The van der Waals surface area contributed by atoms with Gasteiger partial charge in [0.2, 0.25) is 0 Å². The number of carbonyl (C=O) groups excluding carboxylic acids is 1. The fourth-order valence-corrected chi connectivity index (χ4v) is 4.44. The van der Waals surface area contributed by atoms with Crippen LogP contribution in [0.5, 0.6) is 11.5 Å². The number of esters is 1. The minimum atomic E-state index is -0.528. The highest BCUT2D eigenvalue weighted by molar-refractivity contribution is 5.96. The van der Waals surface area contributed by atoms with Crippen molar-refractivity contribution in [1.82, 2.24) is 4.90 Å². The third kappa shape index (κ3) is 6.09. The molecule has 5 nitrogen and oxygen atoms in total. The molecule has 4 rings (SSSR count). The summed E-state index contributed by atoms with van der Waals surface area (Å²) in [5.41, 5.74) is 3.62. The van der Waals surface area contributed by atoms with E-state index in [0.717, 1.165) is 37.1 Å². The third-order valence-electron chi connectivity index (χ3n) is 6.73. The Morgan fingerprint density at radius 2 is 1.66 bits per heavy atom. The minimum Gasteiger partial charge on any atom is -0.488 e. The van der Waals surface area contributed by atoms with Crippen LogP contribution in [-0.2, 0) is 13.2 Å². The Hall–Kier alpha value is -3.62. The number of hydrogen-bond acceptors (Lipinski definition) is 5. The Balaban J connectivity index is 1.67. The van der Waals surface area contributed by atoms with Crippen LogP contribution in [0.15, 0.2) is 66.7 Å². The van der Waals surface area contributed by atoms with Gasteiger partial charge in [0.25, 0.3) is 0 Å². The second kappa shape index (κ2) is 10.8. The van der Waals surface area contributed by atoms with E-state index in [9.17, 15) is 10.1 Å². The average molecular weight is 469 g/mol. The molecule has 0 N–H and O–H groups in total. The minimum absolute atomic E-state index is 0.296. The highest BCUT2D eigenvalue weighted by Crippen LogP contribution is 2.34. The van der Waals surface area contributed by atoms with E-state index in [0.29, 0.717) is 46.8 Å². The van der Waals surface area contributed by atoms with Gasteiger partial charge in [-0.25, -0.2) is 4.79 Å². The van der Waals surface area contributed by atoms with Crippen molar-refractivity contribution >= 4 is 5.97 Å². The molecule has 1 fully saturated rings. The SMILES string of the molecule is Cc1c(C#N)c(CN2CCC(C)(C)CC2)cc(OCc2ccccc2)c1C(=O)Oc1ccccc1. The van der Waals surface area contributed by atoms with Gasteiger partial charge in [-0.05, 0) is 73.2 Å². The number of nitriles is 1. The van der Waals surface area contributed by atoms with Crippen molar-refractivity contribution in [3.63, 3.8) is 0 Å². The molecule has 3 aromatic rings. The molecular formula is C30H32N2O3. The van der Waals surface area contributed by atoms with Crippen LogP contribution in [0.1, 0.15) is 59.3 Å². The number of likely N-dealkylation sites (tertiary alicyclic amines) is 1. The molecule has 1 heterocycles. The first kappa shape index (κ1) is 24.5. The van der Waals surface area contributed by atoms with E-state index in [1.165, 1.54) is 0 Å². The van der Waals surface area contributed by atoms with E-state index < -0.39 is 5.97 Å². The summed E-state index contributed by atoms with van der Waals surface area (Å²) in [7, 11) is 0. The van der Waals surface area contributed by atoms with E-state index in [4.69, 9.17) is 9.47 Å². The molecule has 0 aliphatic carbocycles. The highest BCUT2D eigenvalue weighted by Gasteiger charge is 2.28. The number of ether oxygens (including phenoxy) is 2. The molecule has 1 aliphatic rings. The summed E-state index contributed by atoms with van der Waals surface area (Å²) in [5.74, 6) is 0.364. The number of rotatable bonds is 7. The zero-order valence-corrected chi connectivity index (χ0v) is 20.7. The Labute approximate surface area is 207 Å². The van der Waals surface area contributed by atoms with Gasteiger partial charge >= 0.3 is 5.97 Å². The molecule has 0 spiro atoms. The van der Waals surface area contributed by atoms with Crippen LogP contribution in [-0.4, -0.2) is 24.0 Å². The second-order valence-corrected chi connectivity index (χ2v) is 9.94. The molecule has 0 saturated carbocycles. The molecule has 180 valence electrons. The number of nitrogens with zero attached hydrogens (tertiary/aromatic N) is 2. The predicted octanol–water partition coefficient (Wildman–Crippen LogP) is 6.29. The summed E-state index contributed by atoms with van der Waals surface area (Å²) < 4.78 is 11.8. The zero-order chi connectivity index (χ0) is 24.8. The van der Waals surface area contributed by atoms with Gasteiger partial charge in [0.1, 0.15) is 23.7 Å². The Bertz CT molecular complexity index is 1200. The summed E-state index contributed by atoms with van der Waals surface area (Å²) in [6.45, 7) is 9.34. The normalized spacial score (nSPS) is 15.3. The standard InChI is InChI=1S/C30H32N2O3/c1-22-26(19-31)24(20-32-16-14-30(2,3)15-17-32)18-27(34-21-23-10-6-4-7-11-23)28(22)29(33)35-25-12-8-5-9-13-25/h4-13,18H,14-17,20-21H2,1-3H3. The van der Waals surface area contributed by atoms with Crippen molar-refractivity contribution < 1.29 is 14.3 Å². The maximum atomic E-state index is 13.3. The van der Waals surface area contributed by atoms with Gasteiger partial charge in [0, 0.05) is 6.54 Å². The van der Waals surface area contributed by atoms with E-state index in [-0.39, 0.29) is 0 Å².